The molecule has 23 heavy (non-hydrogen) atoms. The van der Waals surface area contributed by atoms with Gasteiger partial charge in [0.1, 0.15) is 0 Å². The Balaban J connectivity index is 2.30. The summed E-state index contributed by atoms with van der Waals surface area (Å²) in [5.74, 6) is -0.143. The van der Waals surface area contributed by atoms with E-state index in [4.69, 9.17) is 9.31 Å². The van der Waals surface area contributed by atoms with Gasteiger partial charge in [0.2, 0.25) is 5.95 Å². The lowest BCUT2D eigenvalue weighted by Crippen LogP contribution is -2.41. The maximum Gasteiger partial charge on any atom is 0.491 e. The molecule has 4 nitrogen and oxygen atoms in total. The fraction of sp³-hybridized carbons (Fsp3) is 0.500. The van der Waals surface area contributed by atoms with Gasteiger partial charge in [0.15, 0.2) is 5.12 Å². The van der Waals surface area contributed by atoms with Gasteiger partial charge in [-0.3, -0.25) is 4.79 Å². The molecule has 124 valence electrons. The number of halogens is 1. The van der Waals surface area contributed by atoms with Gasteiger partial charge in [-0.15, -0.1) is 0 Å². The number of rotatable bonds is 4. The van der Waals surface area contributed by atoms with E-state index in [0.717, 1.165) is 17.2 Å². The van der Waals surface area contributed by atoms with Gasteiger partial charge in [-0.1, -0.05) is 17.8 Å². The lowest BCUT2D eigenvalue weighted by atomic mass is 9.78. The monoisotopic (exact) mass is 337 g/mol. The molecule has 7 heteroatoms. The maximum atomic E-state index is 13.3. The number of thioether (sulfide) groups is 1. The van der Waals surface area contributed by atoms with Gasteiger partial charge in [-0.05, 0) is 51.4 Å². The predicted octanol–water partition coefficient (Wildman–Crippen LogP) is 3.52. The number of hydrogen-bond donors (Lipinski definition) is 0. The largest absolute Gasteiger partial charge is 0.491 e. The molecule has 0 aliphatic carbocycles. The zero-order chi connectivity index (χ0) is 17.3. The van der Waals surface area contributed by atoms with E-state index in [-0.39, 0.29) is 5.12 Å². The predicted molar refractivity (Wildman–Crippen MR) is 91.4 cm³/mol. The van der Waals surface area contributed by atoms with Gasteiger partial charge in [-0.2, -0.15) is 4.39 Å². The van der Waals surface area contributed by atoms with Gasteiger partial charge < -0.3 is 9.31 Å². The molecular formula is C16H21BFNO3S. The Morgan fingerprint density at radius 2 is 1.91 bits per heavy atom. The fourth-order valence-corrected chi connectivity index (χ4v) is 2.64. The van der Waals surface area contributed by atoms with Crippen LogP contribution in [0.2, 0.25) is 0 Å². The molecule has 1 fully saturated rings. The van der Waals surface area contributed by atoms with Crippen LogP contribution < -0.4 is 0 Å². The third kappa shape index (κ3) is 4.43. The Kier molecular flexibility index (Phi) is 5.33. The van der Waals surface area contributed by atoms with Crippen LogP contribution in [0.1, 0.15) is 40.3 Å². The zero-order valence-corrected chi connectivity index (χ0v) is 14.9. The van der Waals surface area contributed by atoms with E-state index in [9.17, 15) is 9.18 Å². The lowest BCUT2D eigenvalue weighted by molar-refractivity contribution is -0.109. The average molecular weight is 337 g/mol. The summed E-state index contributed by atoms with van der Waals surface area (Å²) in [4.78, 5) is 15.1. The van der Waals surface area contributed by atoms with E-state index in [1.165, 1.54) is 13.0 Å². The van der Waals surface area contributed by atoms with Crippen molar-refractivity contribution < 1.29 is 18.5 Å². The third-order valence-electron chi connectivity index (χ3n) is 4.07. The van der Waals surface area contributed by atoms with E-state index in [0.29, 0.717) is 11.4 Å². The van der Waals surface area contributed by atoms with Crippen LogP contribution in [0.5, 0.6) is 0 Å². The Bertz CT molecular complexity index is 618. The summed E-state index contributed by atoms with van der Waals surface area (Å²) in [6.45, 7) is 9.35. The molecule has 1 aromatic heterocycles. The fourth-order valence-electron chi connectivity index (χ4n) is 2.05. The number of carbonyl (C=O) groups is 1. The SMILES string of the molecule is CC(=O)SCC(=Cc1cccc(F)n1)B1OC(C)(C)C(C)(C)O1. The molecule has 0 radical (unpaired) electrons. The molecular weight excluding hydrogens is 316 g/mol. The smallest absolute Gasteiger partial charge is 0.400 e. The number of carbonyl (C=O) groups excluding carboxylic acids is 1. The quantitative estimate of drug-likeness (QED) is 0.622. The summed E-state index contributed by atoms with van der Waals surface area (Å²) in [7, 11) is -0.586. The molecule has 0 unspecified atom stereocenters. The molecule has 1 aromatic rings. The average Bonchev–Trinajstić information content (AvgIpc) is 2.63. The minimum absolute atomic E-state index is 0.000353. The molecule has 0 amide bonds. The van der Waals surface area contributed by atoms with E-state index in [1.807, 2.05) is 27.7 Å². The van der Waals surface area contributed by atoms with Crippen molar-refractivity contribution in [2.45, 2.75) is 45.8 Å². The number of nitrogens with zero attached hydrogens (tertiary/aromatic N) is 1. The minimum atomic E-state index is -0.586. The molecule has 0 aromatic carbocycles. The van der Waals surface area contributed by atoms with Gasteiger partial charge in [0.05, 0.1) is 16.9 Å². The molecule has 0 saturated carbocycles. The van der Waals surface area contributed by atoms with Gasteiger partial charge in [-0.25, -0.2) is 4.98 Å². The number of pyridine rings is 1. The number of aromatic nitrogens is 1. The van der Waals surface area contributed by atoms with Crippen molar-refractivity contribution >= 4 is 30.1 Å². The van der Waals surface area contributed by atoms with Crippen molar-refractivity contribution in [1.29, 1.82) is 0 Å². The standard InChI is InChI=1S/C16H21BFNO3S/c1-11(20)23-10-12(9-13-7-6-8-14(18)19-13)17-21-15(2,3)16(4,5)22-17/h6-9H,10H2,1-5H3. The second-order valence-corrected chi connectivity index (χ2v) is 7.63. The van der Waals surface area contributed by atoms with Crippen molar-refractivity contribution in [2.75, 3.05) is 5.75 Å². The summed E-state index contributed by atoms with van der Waals surface area (Å²) in [6, 6.07) is 4.58. The first kappa shape index (κ1) is 18.2. The Morgan fingerprint density at radius 1 is 1.30 bits per heavy atom. The van der Waals surface area contributed by atoms with Crippen LogP contribution in [0.4, 0.5) is 4.39 Å². The first-order valence-corrected chi connectivity index (χ1v) is 8.41. The van der Waals surface area contributed by atoms with E-state index >= 15 is 0 Å². The number of hydrogen-bond acceptors (Lipinski definition) is 5. The van der Waals surface area contributed by atoms with Crippen LogP contribution in [-0.4, -0.2) is 34.2 Å². The summed E-state index contributed by atoms with van der Waals surface area (Å²) < 4.78 is 25.3. The van der Waals surface area contributed by atoms with Crippen LogP contribution in [0, 0.1) is 5.95 Å². The van der Waals surface area contributed by atoms with Gasteiger partial charge >= 0.3 is 7.12 Å². The van der Waals surface area contributed by atoms with Crippen molar-refractivity contribution in [3.8, 4) is 0 Å². The highest BCUT2D eigenvalue weighted by atomic mass is 32.2. The normalized spacial score (nSPS) is 19.9. The molecule has 0 atom stereocenters. The van der Waals surface area contributed by atoms with Crippen molar-refractivity contribution in [3.63, 3.8) is 0 Å². The highest BCUT2D eigenvalue weighted by molar-refractivity contribution is 8.13. The molecule has 0 bridgehead atoms. The van der Waals surface area contributed by atoms with Crippen molar-refractivity contribution in [2.24, 2.45) is 0 Å². The van der Waals surface area contributed by atoms with Crippen LogP contribution in [-0.2, 0) is 14.1 Å². The van der Waals surface area contributed by atoms with E-state index in [2.05, 4.69) is 4.98 Å². The van der Waals surface area contributed by atoms with Crippen molar-refractivity contribution in [1.82, 2.24) is 4.98 Å². The first-order chi connectivity index (χ1) is 10.6. The Morgan fingerprint density at radius 3 is 2.43 bits per heavy atom. The Hall–Kier alpha value is -1.18. The first-order valence-electron chi connectivity index (χ1n) is 7.43. The summed E-state index contributed by atoms with van der Waals surface area (Å²) in [6.07, 6.45) is 1.72. The van der Waals surface area contributed by atoms with Crippen molar-refractivity contribution in [3.05, 3.63) is 35.3 Å². The summed E-state index contributed by atoms with van der Waals surface area (Å²) >= 11 is 1.16. The molecule has 0 N–H and O–H groups in total. The second-order valence-electron chi connectivity index (χ2n) is 6.47. The van der Waals surface area contributed by atoms with Gasteiger partial charge in [0, 0.05) is 12.7 Å². The lowest BCUT2D eigenvalue weighted by Gasteiger charge is -2.32. The molecule has 1 aliphatic heterocycles. The van der Waals surface area contributed by atoms with Gasteiger partial charge in [0.25, 0.3) is 0 Å². The third-order valence-corrected chi connectivity index (χ3v) is 4.95. The topological polar surface area (TPSA) is 48.4 Å². The van der Waals surface area contributed by atoms with Crippen LogP contribution in [0.25, 0.3) is 6.08 Å². The van der Waals surface area contributed by atoms with E-state index < -0.39 is 24.3 Å². The minimum Gasteiger partial charge on any atom is -0.400 e. The molecule has 1 aliphatic rings. The highest BCUT2D eigenvalue weighted by Crippen LogP contribution is 2.39. The van der Waals surface area contributed by atoms with Crippen LogP contribution in [0.15, 0.2) is 23.7 Å². The Labute approximate surface area is 141 Å². The molecule has 1 saturated heterocycles. The zero-order valence-electron chi connectivity index (χ0n) is 14.1. The summed E-state index contributed by atoms with van der Waals surface area (Å²) in [5, 5.41) is -0.000353. The molecule has 2 heterocycles. The van der Waals surface area contributed by atoms with Crippen LogP contribution >= 0.6 is 11.8 Å². The maximum absolute atomic E-state index is 13.3. The molecule has 0 spiro atoms. The van der Waals surface area contributed by atoms with E-state index in [1.54, 1.807) is 18.2 Å². The second kappa shape index (κ2) is 6.75. The highest BCUT2D eigenvalue weighted by Gasteiger charge is 2.52. The summed E-state index contributed by atoms with van der Waals surface area (Å²) in [5.41, 5.74) is 0.265. The molecule has 2 rings (SSSR count). The van der Waals surface area contributed by atoms with Crippen LogP contribution in [0.3, 0.4) is 0 Å².